The first-order chi connectivity index (χ1) is 8.95. The smallest absolute Gasteiger partial charge is 0.161 e. The van der Waals surface area contributed by atoms with Crippen LogP contribution in [0.15, 0.2) is 36.4 Å². The molecule has 3 nitrogen and oxygen atoms in total. The molecule has 2 aromatic carbocycles. The highest BCUT2D eigenvalue weighted by atomic mass is 19.1. The van der Waals surface area contributed by atoms with Gasteiger partial charge in [-0.1, -0.05) is 0 Å². The maximum absolute atomic E-state index is 13.0. The molecule has 0 fully saturated rings. The van der Waals surface area contributed by atoms with Crippen LogP contribution in [0, 0.1) is 11.6 Å². The van der Waals surface area contributed by atoms with E-state index in [-0.39, 0.29) is 17.2 Å². The summed E-state index contributed by atoms with van der Waals surface area (Å²) < 4.78 is 31.3. The number of hydrogen-bond donors (Lipinski definition) is 1. The van der Waals surface area contributed by atoms with Gasteiger partial charge in [-0.25, -0.2) is 8.78 Å². The van der Waals surface area contributed by atoms with Crippen LogP contribution >= 0.6 is 0 Å². The van der Waals surface area contributed by atoms with Crippen molar-refractivity contribution in [3.63, 3.8) is 0 Å². The summed E-state index contributed by atoms with van der Waals surface area (Å²) in [5, 5.41) is 0. The number of nitrogens with two attached hydrogens (primary N) is 1. The summed E-state index contributed by atoms with van der Waals surface area (Å²) in [7, 11) is 0. The molecule has 0 spiro atoms. The predicted octanol–water partition coefficient (Wildman–Crippen LogP) is 3.54. The maximum atomic E-state index is 13.0. The molecule has 5 heteroatoms. The normalized spacial score (nSPS) is 10.3. The van der Waals surface area contributed by atoms with Crippen LogP contribution in [0.4, 0.5) is 14.5 Å². The fourth-order valence-corrected chi connectivity index (χ4v) is 1.65. The first kappa shape index (κ1) is 13.0. The first-order valence-electron chi connectivity index (χ1n) is 5.50. The number of hydrogen-bond acceptors (Lipinski definition) is 3. The minimum Gasteiger partial charge on any atom is -0.457 e. The van der Waals surface area contributed by atoms with Gasteiger partial charge in [0.05, 0.1) is 0 Å². The van der Waals surface area contributed by atoms with Crippen molar-refractivity contribution >= 4 is 11.5 Å². The Balaban J connectivity index is 2.28. The second-order valence-corrected chi connectivity index (χ2v) is 4.01. The Bertz CT molecular complexity index is 621. The second-order valence-electron chi connectivity index (χ2n) is 4.01. The molecule has 2 N–H and O–H groups in total. The number of carbonyl (C=O) groups is 1. The van der Waals surface area contributed by atoms with E-state index in [1.807, 2.05) is 0 Å². The van der Waals surface area contributed by atoms with Gasteiger partial charge in [0.25, 0.3) is 0 Å². The molecule has 0 radical (unpaired) electrons. The fourth-order valence-electron chi connectivity index (χ4n) is 1.65. The Kier molecular flexibility index (Phi) is 3.46. The molecule has 0 aromatic heterocycles. The molecule has 19 heavy (non-hydrogen) atoms. The molecule has 0 aliphatic rings. The van der Waals surface area contributed by atoms with Crippen molar-refractivity contribution < 1.29 is 18.3 Å². The van der Waals surface area contributed by atoms with Crippen molar-refractivity contribution in [2.75, 3.05) is 5.73 Å². The third-order valence-corrected chi connectivity index (χ3v) is 2.47. The quantitative estimate of drug-likeness (QED) is 0.680. The van der Waals surface area contributed by atoms with Crippen molar-refractivity contribution in [3.05, 3.63) is 53.6 Å². The highest BCUT2D eigenvalue weighted by Gasteiger charge is 2.07. The summed E-state index contributed by atoms with van der Waals surface area (Å²) in [6.07, 6.45) is 0. The zero-order chi connectivity index (χ0) is 14.0. The summed E-state index contributed by atoms with van der Waals surface area (Å²) in [6, 6.07) is 7.30. The Hall–Kier alpha value is -2.43. The monoisotopic (exact) mass is 263 g/mol. The molecular formula is C14H11F2NO2. The van der Waals surface area contributed by atoms with Gasteiger partial charge in [-0.15, -0.1) is 0 Å². The molecule has 98 valence electrons. The third kappa shape index (κ3) is 3.07. The van der Waals surface area contributed by atoms with E-state index in [1.165, 1.54) is 25.1 Å². The lowest BCUT2D eigenvalue weighted by atomic mass is 10.1. The van der Waals surface area contributed by atoms with Crippen molar-refractivity contribution in [1.82, 2.24) is 0 Å². The Morgan fingerprint density at radius 1 is 1.05 bits per heavy atom. The van der Waals surface area contributed by atoms with Gasteiger partial charge in [0, 0.05) is 35.5 Å². The van der Waals surface area contributed by atoms with Crippen molar-refractivity contribution in [1.29, 1.82) is 0 Å². The maximum Gasteiger partial charge on any atom is 0.161 e. The standard InChI is InChI=1S/C14H11F2NO2/c1-8(18)13-3-2-11(7-14(13)17)19-12-5-9(15)4-10(16)6-12/h2-7H,17H2,1H3. The van der Waals surface area contributed by atoms with Crippen LogP contribution in [0.3, 0.4) is 0 Å². The molecule has 0 amide bonds. The van der Waals surface area contributed by atoms with Gasteiger partial charge >= 0.3 is 0 Å². The Morgan fingerprint density at radius 3 is 2.21 bits per heavy atom. The molecule has 0 aliphatic heterocycles. The molecule has 0 saturated carbocycles. The van der Waals surface area contributed by atoms with E-state index in [9.17, 15) is 13.6 Å². The van der Waals surface area contributed by atoms with Gasteiger partial charge in [-0.3, -0.25) is 4.79 Å². The minimum absolute atomic E-state index is 0.0208. The van der Waals surface area contributed by atoms with Gasteiger partial charge in [0.15, 0.2) is 5.78 Å². The van der Waals surface area contributed by atoms with E-state index < -0.39 is 11.6 Å². The Labute approximate surface area is 108 Å². The molecular weight excluding hydrogens is 252 g/mol. The summed E-state index contributed by atoms with van der Waals surface area (Å²) in [5.74, 6) is -1.31. The number of rotatable bonds is 3. The second kappa shape index (κ2) is 5.06. The van der Waals surface area contributed by atoms with Crippen LogP contribution < -0.4 is 10.5 Å². The lowest BCUT2D eigenvalue weighted by molar-refractivity contribution is 0.101. The number of Topliss-reactive ketones (excluding diaryl/α,β-unsaturated/α-hetero) is 1. The van der Waals surface area contributed by atoms with Gasteiger partial charge in [0.1, 0.15) is 23.1 Å². The SMILES string of the molecule is CC(=O)c1ccc(Oc2cc(F)cc(F)c2)cc1N. The number of ketones is 1. The zero-order valence-electron chi connectivity index (χ0n) is 10.1. The molecule has 0 unspecified atom stereocenters. The van der Waals surface area contributed by atoms with Crippen molar-refractivity contribution in [2.45, 2.75) is 6.92 Å². The van der Waals surface area contributed by atoms with Crippen LogP contribution in [-0.4, -0.2) is 5.78 Å². The average Bonchev–Trinajstić information content (AvgIpc) is 2.26. The predicted molar refractivity (Wildman–Crippen MR) is 67.3 cm³/mol. The first-order valence-corrected chi connectivity index (χ1v) is 5.50. The third-order valence-electron chi connectivity index (χ3n) is 2.47. The highest BCUT2D eigenvalue weighted by Crippen LogP contribution is 2.26. The molecule has 0 heterocycles. The summed E-state index contributed by atoms with van der Waals surface area (Å²) in [4.78, 5) is 11.2. The van der Waals surface area contributed by atoms with Gasteiger partial charge in [-0.2, -0.15) is 0 Å². The minimum atomic E-state index is -0.733. The van der Waals surface area contributed by atoms with Crippen LogP contribution in [0.5, 0.6) is 11.5 Å². The van der Waals surface area contributed by atoms with E-state index in [1.54, 1.807) is 0 Å². The van der Waals surface area contributed by atoms with E-state index >= 15 is 0 Å². The summed E-state index contributed by atoms with van der Waals surface area (Å²) in [5.41, 5.74) is 6.31. The van der Waals surface area contributed by atoms with Gasteiger partial charge in [-0.05, 0) is 19.1 Å². The molecule has 0 atom stereocenters. The topological polar surface area (TPSA) is 52.3 Å². The lowest BCUT2D eigenvalue weighted by Gasteiger charge is -2.08. The number of nitrogen functional groups attached to an aromatic ring is 1. The summed E-state index contributed by atoms with van der Waals surface area (Å²) in [6.45, 7) is 1.40. The molecule has 2 rings (SSSR count). The average molecular weight is 263 g/mol. The molecule has 0 aliphatic carbocycles. The number of anilines is 1. The molecule has 2 aromatic rings. The highest BCUT2D eigenvalue weighted by molar-refractivity contribution is 5.99. The lowest BCUT2D eigenvalue weighted by Crippen LogP contribution is -1.99. The van der Waals surface area contributed by atoms with Crippen molar-refractivity contribution in [2.24, 2.45) is 0 Å². The van der Waals surface area contributed by atoms with Crippen molar-refractivity contribution in [3.8, 4) is 11.5 Å². The molecule has 0 saturated heterocycles. The largest absolute Gasteiger partial charge is 0.457 e. The van der Waals surface area contributed by atoms with Gasteiger partial charge < -0.3 is 10.5 Å². The number of ether oxygens (including phenoxy) is 1. The van der Waals surface area contributed by atoms with E-state index in [0.717, 1.165) is 18.2 Å². The Morgan fingerprint density at radius 2 is 1.68 bits per heavy atom. The van der Waals surface area contributed by atoms with Gasteiger partial charge in [0.2, 0.25) is 0 Å². The van der Waals surface area contributed by atoms with Crippen LogP contribution in [0.1, 0.15) is 17.3 Å². The molecule has 0 bridgehead atoms. The van der Waals surface area contributed by atoms with Crippen LogP contribution in [0.2, 0.25) is 0 Å². The zero-order valence-corrected chi connectivity index (χ0v) is 10.1. The van der Waals surface area contributed by atoms with E-state index in [4.69, 9.17) is 10.5 Å². The van der Waals surface area contributed by atoms with Crippen LogP contribution in [-0.2, 0) is 0 Å². The fraction of sp³-hybridized carbons (Fsp3) is 0.0714. The number of benzene rings is 2. The number of halogens is 2. The summed E-state index contributed by atoms with van der Waals surface area (Å²) >= 11 is 0. The van der Waals surface area contributed by atoms with E-state index in [0.29, 0.717) is 11.3 Å². The van der Waals surface area contributed by atoms with Crippen LogP contribution in [0.25, 0.3) is 0 Å². The van der Waals surface area contributed by atoms with E-state index in [2.05, 4.69) is 0 Å². The number of carbonyl (C=O) groups excluding carboxylic acids is 1.